The van der Waals surface area contributed by atoms with E-state index in [0.717, 1.165) is 66.8 Å². The average Bonchev–Trinajstić information content (AvgIpc) is 3.45. The molecule has 3 heterocycles. The van der Waals surface area contributed by atoms with E-state index in [1.165, 1.54) is 18.4 Å². The molecule has 34 heavy (non-hydrogen) atoms. The van der Waals surface area contributed by atoms with E-state index in [-0.39, 0.29) is 11.3 Å². The Bertz CT molecular complexity index is 1210. The van der Waals surface area contributed by atoms with Crippen LogP contribution in [0, 0.1) is 11.3 Å². The SMILES string of the molecule is O=C(c1cc2ccc(Br)cc2c(NCC(c2ccccc2)C2CC2)n1)N1CCC2(CCOC2)C1. The Labute approximate surface area is 209 Å². The Kier molecular flexibility index (Phi) is 5.82. The molecular weight excluding hydrogens is 490 g/mol. The van der Waals surface area contributed by atoms with E-state index < -0.39 is 0 Å². The molecule has 6 heteroatoms. The second-order valence-corrected chi connectivity index (χ2v) is 11.2. The lowest BCUT2D eigenvalue weighted by atomic mass is 9.87. The van der Waals surface area contributed by atoms with E-state index in [0.29, 0.717) is 17.5 Å². The molecule has 5 nitrogen and oxygen atoms in total. The van der Waals surface area contributed by atoms with Crippen LogP contribution in [0.25, 0.3) is 10.8 Å². The van der Waals surface area contributed by atoms with E-state index >= 15 is 0 Å². The van der Waals surface area contributed by atoms with Crippen LogP contribution in [-0.4, -0.2) is 48.6 Å². The van der Waals surface area contributed by atoms with Crippen molar-refractivity contribution in [1.82, 2.24) is 9.88 Å². The molecule has 6 rings (SSSR count). The first-order valence-electron chi connectivity index (χ1n) is 12.4. The van der Waals surface area contributed by atoms with Gasteiger partial charge in [-0.3, -0.25) is 4.79 Å². The van der Waals surface area contributed by atoms with Gasteiger partial charge in [-0.2, -0.15) is 0 Å². The highest BCUT2D eigenvalue weighted by Gasteiger charge is 2.43. The largest absolute Gasteiger partial charge is 0.381 e. The molecule has 3 aromatic rings. The number of likely N-dealkylation sites (tertiary alicyclic amines) is 1. The lowest BCUT2D eigenvalue weighted by molar-refractivity contribution is 0.0760. The van der Waals surface area contributed by atoms with Crippen molar-refractivity contribution >= 4 is 38.4 Å². The monoisotopic (exact) mass is 519 g/mol. The fourth-order valence-electron chi connectivity index (χ4n) is 5.67. The molecule has 3 aliphatic rings. The lowest BCUT2D eigenvalue weighted by Gasteiger charge is -2.22. The third kappa shape index (κ3) is 4.34. The van der Waals surface area contributed by atoms with Crippen LogP contribution in [0.2, 0.25) is 0 Å². The van der Waals surface area contributed by atoms with Crippen LogP contribution >= 0.6 is 15.9 Å². The molecule has 1 amide bonds. The molecular formula is C28H30BrN3O2. The molecule has 0 radical (unpaired) electrons. The normalized spacial score (nSPS) is 23.0. The quantitative estimate of drug-likeness (QED) is 0.443. The highest BCUT2D eigenvalue weighted by atomic mass is 79.9. The summed E-state index contributed by atoms with van der Waals surface area (Å²) < 4.78 is 6.66. The molecule has 3 fully saturated rings. The van der Waals surface area contributed by atoms with Gasteiger partial charge >= 0.3 is 0 Å². The number of nitrogens with zero attached hydrogens (tertiary/aromatic N) is 2. The van der Waals surface area contributed by atoms with Crippen molar-refractivity contribution in [2.75, 3.05) is 38.2 Å². The third-order valence-corrected chi connectivity index (χ3v) is 8.33. The minimum Gasteiger partial charge on any atom is -0.381 e. The summed E-state index contributed by atoms with van der Waals surface area (Å²) in [5, 5.41) is 5.72. The second-order valence-electron chi connectivity index (χ2n) is 10.2. The molecule has 0 bridgehead atoms. The third-order valence-electron chi connectivity index (χ3n) is 7.83. The number of aromatic nitrogens is 1. The van der Waals surface area contributed by atoms with E-state index in [1.807, 2.05) is 17.0 Å². The standard InChI is InChI=1S/C28H30BrN3O2/c29-22-9-8-21-14-25(27(33)32-12-10-28(17-32)11-13-34-18-28)31-26(23(21)15-22)30-16-24(20-6-7-20)19-4-2-1-3-5-19/h1-5,8-9,14-15,20,24H,6-7,10-13,16-18H2,(H,30,31). The summed E-state index contributed by atoms with van der Waals surface area (Å²) in [6.45, 7) is 3.94. The predicted octanol–water partition coefficient (Wildman–Crippen LogP) is 5.86. The van der Waals surface area contributed by atoms with Crippen molar-refractivity contribution in [2.24, 2.45) is 11.3 Å². The number of halogens is 1. The maximum atomic E-state index is 13.5. The highest BCUT2D eigenvalue weighted by Crippen LogP contribution is 2.43. The second kappa shape index (κ2) is 8.97. The maximum absolute atomic E-state index is 13.5. The number of hydrogen-bond acceptors (Lipinski definition) is 4. The van der Waals surface area contributed by atoms with Crippen LogP contribution < -0.4 is 5.32 Å². The van der Waals surface area contributed by atoms with Gasteiger partial charge in [0.2, 0.25) is 0 Å². The lowest BCUT2D eigenvalue weighted by Crippen LogP contribution is -2.33. The Morgan fingerprint density at radius 3 is 2.79 bits per heavy atom. The molecule has 2 aromatic carbocycles. The molecule has 1 saturated carbocycles. The van der Waals surface area contributed by atoms with Crippen LogP contribution in [0.15, 0.2) is 59.1 Å². The van der Waals surface area contributed by atoms with Gasteiger partial charge in [-0.25, -0.2) is 4.98 Å². The molecule has 176 valence electrons. The van der Waals surface area contributed by atoms with Gasteiger partial charge in [0.05, 0.1) is 6.61 Å². The number of fused-ring (bicyclic) bond motifs is 1. The Hall–Kier alpha value is -2.44. The van der Waals surface area contributed by atoms with Gasteiger partial charge in [0.1, 0.15) is 11.5 Å². The molecule has 2 saturated heterocycles. The van der Waals surface area contributed by atoms with Crippen LogP contribution in [-0.2, 0) is 4.74 Å². The van der Waals surface area contributed by atoms with Crippen molar-refractivity contribution in [3.8, 4) is 0 Å². The Morgan fingerprint density at radius 1 is 1.18 bits per heavy atom. The topological polar surface area (TPSA) is 54.5 Å². The van der Waals surface area contributed by atoms with E-state index in [2.05, 4.69) is 63.7 Å². The molecule has 2 aliphatic heterocycles. The van der Waals surface area contributed by atoms with E-state index in [4.69, 9.17) is 9.72 Å². The zero-order valence-corrected chi connectivity index (χ0v) is 20.9. The zero-order valence-electron chi connectivity index (χ0n) is 19.3. The van der Waals surface area contributed by atoms with Crippen LogP contribution in [0.5, 0.6) is 0 Å². The number of anilines is 1. The van der Waals surface area contributed by atoms with Gasteiger partial charge in [-0.05, 0) is 60.7 Å². The van der Waals surface area contributed by atoms with Gasteiger partial charge in [0, 0.05) is 47.4 Å². The number of hydrogen-bond donors (Lipinski definition) is 1. The number of rotatable bonds is 6. The molecule has 1 N–H and O–H groups in total. The fraction of sp³-hybridized carbons (Fsp3) is 0.429. The summed E-state index contributed by atoms with van der Waals surface area (Å²) in [6.07, 6.45) is 4.62. The summed E-state index contributed by atoms with van der Waals surface area (Å²) in [5.41, 5.74) is 2.04. The number of nitrogens with one attached hydrogen (secondary N) is 1. The first-order chi connectivity index (χ1) is 16.6. The van der Waals surface area contributed by atoms with E-state index in [1.54, 1.807) is 0 Å². The summed E-state index contributed by atoms with van der Waals surface area (Å²) >= 11 is 3.61. The Morgan fingerprint density at radius 2 is 2.03 bits per heavy atom. The van der Waals surface area contributed by atoms with Crippen molar-refractivity contribution < 1.29 is 9.53 Å². The van der Waals surface area contributed by atoms with Crippen LogP contribution in [0.4, 0.5) is 5.82 Å². The van der Waals surface area contributed by atoms with Gasteiger partial charge in [-0.1, -0.05) is 52.3 Å². The van der Waals surface area contributed by atoms with Crippen molar-refractivity contribution in [2.45, 2.75) is 31.6 Å². The molecule has 2 atom stereocenters. The van der Waals surface area contributed by atoms with Crippen molar-refractivity contribution in [1.29, 1.82) is 0 Å². The van der Waals surface area contributed by atoms with E-state index in [9.17, 15) is 4.79 Å². The van der Waals surface area contributed by atoms with Crippen molar-refractivity contribution in [3.05, 3.63) is 70.3 Å². The molecule has 1 spiro atoms. The molecule has 1 aliphatic carbocycles. The summed E-state index contributed by atoms with van der Waals surface area (Å²) in [4.78, 5) is 20.4. The predicted molar refractivity (Wildman–Crippen MR) is 138 cm³/mol. The number of ether oxygens (including phenoxy) is 1. The van der Waals surface area contributed by atoms with Crippen LogP contribution in [0.3, 0.4) is 0 Å². The number of amides is 1. The van der Waals surface area contributed by atoms with Crippen molar-refractivity contribution in [3.63, 3.8) is 0 Å². The number of benzene rings is 2. The van der Waals surface area contributed by atoms with Crippen LogP contribution in [0.1, 0.15) is 47.7 Å². The van der Waals surface area contributed by atoms with Gasteiger partial charge < -0.3 is 15.0 Å². The highest BCUT2D eigenvalue weighted by molar-refractivity contribution is 9.10. The minimum atomic E-state index is 0.0263. The van der Waals surface area contributed by atoms with Gasteiger partial charge in [-0.15, -0.1) is 0 Å². The first-order valence-corrected chi connectivity index (χ1v) is 13.2. The number of carbonyl (C=O) groups is 1. The number of carbonyl (C=O) groups excluding carboxylic acids is 1. The smallest absolute Gasteiger partial charge is 0.272 e. The molecule has 1 aromatic heterocycles. The molecule has 2 unspecified atom stereocenters. The average molecular weight is 520 g/mol. The number of pyridine rings is 1. The minimum absolute atomic E-state index is 0.0263. The summed E-state index contributed by atoms with van der Waals surface area (Å²) in [5.74, 6) is 1.98. The first kappa shape index (κ1) is 22.1. The zero-order chi connectivity index (χ0) is 23.1. The van der Waals surface area contributed by atoms with Gasteiger partial charge in [0.15, 0.2) is 0 Å². The van der Waals surface area contributed by atoms with Gasteiger partial charge in [0.25, 0.3) is 5.91 Å². The Balaban J connectivity index is 1.29. The maximum Gasteiger partial charge on any atom is 0.272 e. The summed E-state index contributed by atoms with van der Waals surface area (Å²) in [7, 11) is 0. The fourth-order valence-corrected chi connectivity index (χ4v) is 6.03. The summed E-state index contributed by atoms with van der Waals surface area (Å²) in [6, 6.07) is 18.9.